The van der Waals surface area contributed by atoms with E-state index >= 15 is 0 Å². The molecule has 1 aliphatic carbocycles. The number of hydrogen-bond acceptors (Lipinski definition) is 3. The maximum atomic E-state index is 9.04. The van der Waals surface area contributed by atoms with Crippen molar-refractivity contribution in [2.45, 2.75) is 31.8 Å². The van der Waals surface area contributed by atoms with Gasteiger partial charge in [-0.1, -0.05) is 0 Å². The molecule has 0 unspecified atom stereocenters. The lowest BCUT2D eigenvalue weighted by Crippen LogP contribution is -2.27. The van der Waals surface area contributed by atoms with Gasteiger partial charge in [0.2, 0.25) is 0 Å². The molecule has 4 nitrogen and oxygen atoms in total. The van der Waals surface area contributed by atoms with Gasteiger partial charge in [-0.15, -0.1) is 0 Å². The number of nitrogens with zero attached hydrogens (tertiary/aromatic N) is 4. The van der Waals surface area contributed by atoms with E-state index in [2.05, 4.69) is 27.8 Å². The van der Waals surface area contributed by atoms with Crippen LogP contribution in [0.1, 0.15) is 35.8 Å². The van der Waals surface area contributed by atoms with Crippen LogP contribution in [-0.4, -0.2) is 28.3 Å². The van der Waals surface area contributed by atoms with Crippen LogP contribution >= 0.6 is 0 Å². The first-order valence-electron chi connectivity index (χ1n) is 5.48. The number of aromatic nitrogens is 2. The fourth-order valence-corrected chi connectivity index (χ4v) is 2.28. The molecular weight excluding hydrogens is 188 g/mol. The summed E-state index contributed by atoms with van der Waals surface area (Å²) in [5, 5.41) is 13.5. The molecule has 15 heavy (non-hydrogen) atoms. The zero-order valence-corrected chi connectivity index (χ0v) is 8.90. The van der Waals surface area contributed by atoms with E-state index in [1.54, 1.807) is 0 Å². The molecule has 3 rings (SSSR count). The van der Waals surface area contributed by atoms with Gasteiger partial charge in [0.05, 0.1) is 11.7 Å². The molecule has 0 N–H and O–H groups in total. The van der Waals surface area contributed by atoms with E-state index in [9.17, 15) is 0 Å². The standard InChI is InChI=1S/C11H14N4/c1-14-5-4-9-10(6-12)13-15(8-2-3-8)11(9)7-14/h8H,2-5,7H2,1H3. The van der Waals surface area contributed by atoms with Gasteiger partial charge in [0.15, 0.2) is 5.69 Å². The molecule has 2 heterocycles. The SMILES string of the molecule is CN1CCc2c(C#N)nn(C3CC3)c2C1. The van der Waals surface area contributed by atoms with Crippen LogP contribution in [-0.2, 0) is 13.0 Å². The summed E-state index contributed by atoms with van der Waals surface area (Å²) in [7, 11) is 2.12. The Morgan fingerprint density at radius 1 is 1.47 bits per heavy atom. The van der Waals surface area contributed by atoms with Gasteiger partial charge in [-0.3, -0.25) is 4.68 Å². The Labute approximate surface area is 89.1 Å². The average molecular weight is 202 g/mol. The van der Waals surface area contributed by atoms with Crippen LogP contribution in [0.3, 0.4) is 0 Å². The van der Waals surface area contributed by atoms with Gasteiger partial charge in [-0.05, 0) is 26.3 Å². The number of hydrogen-bond donors (Lipinski definition) is 0. The van der Waals surface area contributed by atoms with Crippen LogP contribution in [0.25, 0.3) is 0 Å². The zero-order chi connectivity index (χ0) is 10.4. The Balaban J connectivity index is 2.09. The molecule has 0 radical (unpaired) electrons. The molecule has 4 heteroatoms. The van der Waals surface area contributed by atoms with Gasteiger partial charge in [0.1, 0.15) is 6.07 Å². The monoisotopic (exact) mass is 202 g/mol. The maximum Gasteiger partial charge on any atom is 0.166 e. The van der Waals surface area contributed by atoms with Crippen molar-refractivity contribution >= 4 is 0 Å². The summed E-state index contributed by atoms with van der Waals surface area (Å²) in [6.07, 6.45) is 3.42. The van der Waals surface area contributed by atoms with E-state index in [-0.39, 0.29) is 0 Å². The summed E-state index contributed by atoms with van der Waals surface area (Å²) in [5.41, 5.74) is 3.13. The lowest BCUT2D eigenvalue weighted by Gasteiger charge is -2.23. The minimum Gasteiger partial charge on any atom is -0.300 e. The van der Waals surface area contributed by atoms with E-state index in [0.29, 0.717) is 11.7 Å². The fourth-order valence-electron chi connectivity index (χ4n) is 2.28. The van der Waals surface area contributed by atoms with E-state index in [1.165, 1.54) is 24.1 Å². The maximum absolute atomic E-state index is 9.04. The Morgan fingerprint density at radius 3 is 2.93 bits per heavy atom. The van der Waals surface area contributed by atoms with Crippen LogP contribution in [0.5, 0.6) is 0 Å². The van der Waals surface area contributed by atoms with Gasteiger partial charge < -0.3 is 4.90 Å². The lowest BCUT2D eigenvalue weighted by atomic mass is 10.1. The second-order valence-corrected chi connectivity index (χ2v) is 4.55. The number of rotatable bonds is 1. The summed E-state index contributed by atoms with van der Waals surface area (Å²) < 4.78 is 2.10. The van der Waals surface area contributed by atoms with E-state index in [0.717, 1.165) is 19.5 Å². The topological polar surface area (TPSA) is 44.9 Å². The molecule has 1 aliphatic heterocycles. The minimum atomic E-state index is 0.576. The summed E-state index contributed by atoms with van der Waals surface area (Å²) in [4.78, 5) is 2.30. The van der Waals surface area contributed by atoms with Crippen LogP contribution < -0.4 is 0 Å². The van der Waals surface area contributed by atoms with E-state index < -0.39 is 0 Å². The molecule has 0 atom stereocenters. The molecule has 0 spiro atoms. The number of fused-ring (bicyclic) bond motifs is 1. The van der Waals surface area contributed by atoms with Crippen molar-refractivity contribution < 1.29 is 0 Å². The van der Waals surface area contributed by atoms with Crippen LogP contribution in [0.15, 0.2) is 0 Å². The molecule has 1 fully saturated rings. The van der Waals surface area contributed by atoms with Crippen molar-refractivity contribution in [2.75, 3.05) is 13.6 Å². The molecule has 1 saturated carbocycles. The van der Waals surface area contributed by atoms with Crippen molar-refractivity contribution in [1.82, 2.24) is 14.7 Å². The third kappa shape index (κ3) is 1.35. The third-order valence-corrected chi connectivity index (χ3v) is 3.28. The zero-order valence-electron chi connectivity index (χ0n) is 8.90. The smallest absolute Gasteiger partial charge is 0.166 e. The summed E-state index contributed by atoms with van der Waals surface area (Å²) >= 11 is 0. The molecule has 0 saturated heterocycles. The quantitative estimate of drug-likeness (QED) is 0.684. The minimum absolute atomic E-state index is 0.576. The molecule has 78 valence electrons. The number of nitriles is 1. The van der Waals surface area contributed by atoms with Crippen LogP contribution in [0.2, 0.25) is 0 Å². The Morgan fingerprint density at radius 2 is 2.27 bits per heavy atom. The highest BCUT2D eigenvalue weighted by molar-refractivity contribution is 5.37. The summed E-state index contributed by atoms with van der Waals surface area (Å²) in [5.74, 6) is 0. The van der Waals surface area contributed by atoms with E-state index in [1.807, 2.05) is 0 Å². The van der Waals surface area contributed by atoms with Crippen molar-refractivity contribution in [3.05, 3.63) is 17.0 Å². The van der Waals surface area contributed by atoms with E-state index in [4.69, 9.17) is 5.26 Å². The van der Waals surface area contributed by atoms with Crippen LogP contribution in [0, 0.1) is 11.3 Å². The second-order valence-electron chi connectivity index (χ2n) is 4.55. The summed E-state index contributed by atoms with van der Waals surface area (Å²) in [6, 6.07) is 2.80. The second kappa shape index (κ2) is 3.07. The highest BCUT2D eigenvalue weighted by Crippen LogP contribution is 2.37. The van der Waals surface area contributed by atoms with Crippen molar-refractivity contribution in [3.8, 4) is 6.07 Å². The van der Waals surface area contributed by atoms with Crippen molar-refractivity contribution in [3.63, 3.8) is 0 Å². The largest absolute Gasteiger partial charge is 0.300 e. The first-order chi connectivity index (χ1) is 7.29. The molecular formula is C11H14N4. The first-order valence-corrected chi connectivity index (χ1v) is 5.48. The van der Waals surface area contributed by atoms with Crippen molar-refractivity contribution in [2.24, 2.45) is 0 Å². The Kier molecular flexibility index (Phi) is 1.83. The molecule has 1 aromatic rings. The molecule has 0 bridgehead atoms. The third-order valence-electron chi connectivity index (χ3n) is 3.28. The first kappa shape index (κ1) is 8.93. The fraction of sp³-hybridized carbons (Fsp3) is 0.636. The van der Waals surface area contributed by atoms with Gasteiger partial charge >= 0.3 is 0 Å². The van der Waals surface area contributed by atoms with Gasteiger partial charge in [0.25, 0.3) is 0 Å². The predicted octanol–water partition coefficient (Wildman–Crippen LogP) is 1.08. The molecule has 2 aliphatic rings. The number of likely N-dealkylation sites (N-methyl/N-ethyl adjacent to an activating group) is 1. The van der Waals surface area contributed by atoms with Crippen LogP contribution in [0.4, 0.5) is 0 Å². The highest BCUT2D eigenvalue weighted by Gasteiger charge is 2.31. The Hall–Kier alpha value is -1.34. The Bertz CT molecular complexity index is 436. The molecule has 0 aromatic carbocycles. The van der Waals surface area contributed by atoms with Gasteiger partial charge in [0, 0.05) is 18.7 Å². The summed E-state index contributed by atoms with van der Waals surface area (Å²) in [6.45, 7) is 1.98. The normalized spacial score (nSPS) is 21.1. The molecule has 0 amide bonds. The molecule has 1 aromatic heterocycles. The van der Waals surface area contributed by atoms with Gasteiger partial charge in [-0.2, -0.15) is 10.4 Å². The predicted molar refractivity (Wildman–Crippen MR) is 55.3 cm³/mol. The van der Waals surface area contributed by atoms with Gasteiger partial charge in [-0.25, -0.2) is 0 Å². The lowest BCUT2D eigenvalue weighted by molar-refractivity contribution is 0.300. The highest BCUT2D eigenvalue weighted by atomic mass is 15.3. The van der Waals surface area contributed by atoms with Crippen molar-refractivity contribution in [1.29, 1.82) is 5.26 Å². The average Bonchev–Trinajstić information content (AvgIpc) is 3.00.